The number of halogens is 3. The molecule has 0 bridgehead atoms. The number of ketones is 1. The summed E-state index contributed by atoms with van der Waals surface area (Å²) >= 11 is 0. The lowest BCUT2D eigenvalue weighted by Crippen LogP contribution is -2.25. The van der Waals surface area contributed by atoms with Gasteiger partial charge in [0.15, 0.2) is 12.4 Å². The molecule has 7 nitrogen and oxygen atoms in total. The summed E-state index contributed by atoms with van der Waals surface area (Å²) in [5, 5.41) is 2.77. The van der Waals surface area contributed by atoms with Gasteiger partial charge in [-0.25, -0.2) is 4.98 Å². The van der Waals surface area contributed by atoms with Crippen LogP contribution in [0.25, 0.3) is 11.3 Å². The molecule has 0 aliphatic rings. The van der Waals surface area contributed by atoms with Crippen molar-refractivity contribution in [1.82, 2.24) is 14.5 Å². The molecule has 0 spiro atoms. The molecule has 0 aliphatic carbocycles. The van der Waals surface area contributed by atoms with Crippen molar-refractivity contribution in [3.8, 4) is 17.0 Å². The van der Waals surface area contributed by atoms with Crippen LogP contribution in [-0.4, -0.2) is 39.6 Å². The van der Waals surface area contributed by atoms with Crippen LogP contribution in [0.4, 0.5) is 19.1 Å². The van der Waals surface area contributed by atoms with Gasteiger partial charge in [-0.1, -0.05) is 12.1 Å². The maximum absolute atomic E-state index is 12.6. The van der Waals surface area contributed by atoms with Gasteiger partial charge in [-0.05, 0) is 24.3 Å². The van der Waals surface area contributed by atoms with E-state index in [2.05, 4.69) is 15.3 Å². The Morgan fingerprint density at radius 2 is 1.87 bits per heavy atom. The molecule has 0 fully saturated rings. The average molecular weight is 418 g/mol. The average Bonchev–Trinajstić information content (AvgIpc) is 2.73. The van der Waals surface area contributed by atoms with Gasteiger partial charge in [-0.15, -0.1) is 0 Å². The molecular weight excluding hydrogens is 401 g/mol. The SMILES string of the molecule is Cn1c(NCC(=O)c2ccccc2OCC(F)(F)F)nc(-c2ccncc2)cc1=O. The van der Waals surface area contributed by atoms with Gasteiger partial charge in [0, 0.05) is 31.1 Å². The van der Waals surface area contributed by atoms with Gasteiger partial charge >= 0.3 is 6.18 Å². The van der Waals surface area contributed by atoms with Gasteiger partial charge in [0.1, 0.15) is 5.75 Å². The highest BCUT2D eigenvalue weighted by Crippen LogP contribution is 2.23. The van der Waals surface area contributed by atoms with Crippen LogP contribution in [0.5, 0.6) is 5.75 Å². The number of Topliss-reactive ketones (excluding diaryl/α,β-unsaturated/α-hetero) is 1. The van der Waals surface area contributed by atoms with Crippen LogP contribution in [-0.2, 0) is 7.05 Å². The number of carbonyl (C=O) groups is 1. The molecule has 2 heterocycles. The molecule has 0 aliphatic heterocycles. The molecule has 30 heavy (non-hydrogen) atoms. The minimum atomic E-state index is -4.52. The Morgan fingerprint density at radius 1 is 1.17 bits per heavy atom. The van der Waals surface area contributed by atoms with Crippen LogP contribution in [0.3, 0.4) is 0 Å². The van der Waals surface area contributed by atoms with Crippen LogP contribution < -0.4 is 15.6 Å². The lowest BCUT2D eigenvalue weighted by atomic mass is 10.1. The van der Waals surface area contributed by atoms with Gasteiger partial charge in [0.2, 0.25) is 5.95 Å². The Morgan fingerprint density at radius 3 is 2.57 bits per heavy atom. The number of carbonyl (C=O) groups excluding carboxylic acids is 1. The summed E-state index contributed by atoms with van der Waals surface area (Å²) in [6.45, 7) is -1.80. The minimum Gasteiger partial charge on any atom is -0.483 e. The first kappa shape index (κ1) is 21.0. The minimum absolute atomic E-state index is 0.00969. The number of rotatable bonds is 7. The second-order valence-corrected chi connectivity index (χ2v) is 6.27. The topological polar surface area (TPSA) is 86.1 Å². The molecule has 0 saturated carbocycles. The molecule has 1 N–H and O–H groups in total. The van der Waals surface area contributed by atoms with E-state index in [4.69, 9.17) is 4.74 Å². The molecule has 0 radical (unpaired) electrons. The number of alkyl halides is 3. The van der Waals surface area contributed by atoms with Crippen molar-refractivity contribution in [2.45, 2.75) is 6.18 Å². The number of ether oxygens (including phenoxy) is 1. The largest absolute Gasteiger partial charge is 0.483 e. The number of benzene rings is 1. The number of hydrogen-bond acceptors (Lipinski definition) is 6. The third-order valence-corrected chi connectivity index (χ3v) is 4.10. The molecule has 0 atom stereocenters. The summed E-state index contributed by atoms with van der Waals surface area (Å²) in [7, 11) is 1.48. The number of anilines is 1. The first-order valence-electron chi connectivity index (χ1n) is 8.79. The summed E-state index contributed by atoms with van der Waals surface area (Å²) in [5.41, 5.74) is 0.706. The monoisotopic (exact) mass is 418 g/mol. The number of pyridine rings is 1. The van der Waals surface area contributed by atoms with Gasteiger partial charge in [0.05, 0.1) is 17.8 Å². The third kappa shape index (κ3) is 5.22. The van der Waals surface area contributed by atoms with E-state index in [9.17, 15) is 22.8 Å². The summed E-state index contributed by atoms with van der Waals surface area (Å²) in [4.78, 5) is 33.1. The zero-order valence-corrected chi connectivity index (χ0v) is 15.8. The van der Waals surface area contributed by atoms with E-state index < -0.39 is 18.6 Å². The van der Waals surface area contributed by atoms with E-state index in [0.717, 1.165) is 0 Å². The molecule has 0 saturated heterocycles. The van der Waals surface area contributed by atoms with Gasteiger partial charge < -0.3 is 10.1 Å². The van der Waals surface area contributed by atoms with Crippen molar-refractivity contribution in [3.63, 3.8) is 0 Å². The van der Waals surface area contributed by atoms with Crippen molar-refractivity contribution in [2.24, 2.45) is 7.05 Å². The molecule has 3 rings (SSSR count). The first-order chi connectivity index (χ1) is 14.2. The van der Waals surface area contributed by atoms with E-state index >= 15 is 0 Å². The second-order valence-electron chi connectivity index (χ2n) is 6.27. The number of nitrogens with one attached hydrogen (secondary N) is 1. The molecule has 10 heteroatoms. The Kier molecular flexibility index (Phi) is 6.14. The fourth-order valence-electron chi connectivity index (χ4n) is 2.61. The van der Waals surface area contributed by atoms with Gasteiger partial charge in [-0.3, -0.25) is 19.1 Å². The van der Waals surface area contributed by atoms with Crippen LogP contribution in [0.1, 0.15) is 10.4 Å². The summed E-state index contributed by atoms with van der Waals surface area (Å²) in [6, 6.07) is 10.4. The lowest BCUT2D eigenvalue weighted by molar-refractivity contribution is -0.153. The number of aromatic nitrogens is 3. The fourth-order valence-corrected chi connectivity index (χ4v) is 2.61. The first-order valence-corrected chi connectivity index (χ1v) is 8.79. The molecule has 2 aromatic heterocycles. The highest BCUT2D eigenvalue weighted by molar-refractivity contribution is 6.01. The Hall–Kier alpha value is -3.69. The zero-order chi connectivity index (χ0) is 21.7. The second kappa shape index (κ2) is 8.76. The van der Waals surface area contributed by atoms with E-state index in [1.165, 1.54) is 41.9 Å². The Labute approximate surface area is 169 Å². The predicted octanol–water partition coefficient (Wildman–Crippen LogP) is 3.08. The van der Waals surface area contributed by atoms with E-state index in [-0.39, 0.29) is 29.4 Å². The molecule has 0 amide bonds. The maximum atomic E-state index is 12.6. The van der Waals surface area contributed by atoms with Crippen molar-refractivity contribution in [1.29, 1.82) is 0 Å². The number of hydrogen-bond donors (Lipinski definition) is 1. The van der Waals surface area contributed by atoms with Crippen LogP contribution in [0.2, 0.25) is 0 Å². The maximum Gasteiger partial charge on any atom is 0.422 e. The Balaban J connectivity index is 1.79. The van der Waals surface area contributed by atoms with Crippen molar-refractivity contribution < 1.29 is 22.7 Å². The summed E-state index contributed by atoms with van der Waals surface area (Å²) in [5.74, 6) is -0.554. The van der Waals surface area contributed by atoms with Crippen LogP contribution >= 0.6 is 0 Å². The van der Waals surface area contributed by atoms with Crippen LogP contribution in [0, 0.1) is 0 Å². The molecule has 156 valence electrons. The normalized spacial score (nSPS) is 11.2. The molecule has 1 aromatic carbocycles. The van der Waals surface area contributed by atoms with Crippen molar-refractivity contribution in [3.05, 3.63) is 70.8 Å². The predicted molar refractivity (Wildman–Crippen MR) is 104 cm³/mol. The van der Waals surface area contributed by atoms with E-state index in [1.54, 1.807) is 24.5 Å². The van der Waals surface area contributed by atoms with Crippen molar-refractivity contribution in [2.75, 3.05) is 18.5 Å². The number of para-hydroxylation sites is 1. The Bertz CT molecular complexity index is 1100. The number of nitrogens with zero attached hydrogens (tertiary/aromatic N) is 3. The standard InChI is InChI=1S/C20H17F3N4O3/c1-27-18(29)10-15(13-6-8-24-9-7-13)26-19(27)25-11-16(28)14-4-2-3-5-17(14)30-12-20(21,22)23/h2-10H,11-12H2,1H3,(H,25,26). The summed E-state index contributed by atoms with van der Waals surface area (Å²) < 4.78 is 43.3. The molecular formula is C20H17F3N4O3. The summed E-state index contributed by atoms with van der Waals surface area (Å²) in [6.07, 6.45) is -1.41. The highest BCUT2D eigenvalue weighted by atomic mass is 19.4. The quantitative estimate of drug-likeness (QED) is 0.594. The van der Waals surface area contributed by atoms with E-state index in [1.807, 2.05) is 0 Å². The smallest absolute Gasteiger partial charge is 0.422 e. The third-order valence-electron chi connectivity index (χ3n) is 4.10. The van der Waals surface area contributed by atoms with Gasteiger partial charge in [0.25, 0.3) is 5.56 Å². The van der Waals surface area contributed by atoms with Crippen LogP contribution in [0.15, 0.2) is 59.7 Å². The fraction of sp³-hybridized carbons (Fsp3) is 0.200. The molecule has 3 aromatic rings. The molecule has 0 unspecified atom stereocenters. The van der Waals surface area contributed by atoms with Crippen molar-refractivity contribution >= 4 is 11.7 Å². The zero-order valence-electron chi connectivity index (χ0n) is 15.8. The highest BCUT2D eigenvalue weighted by Gasteiger charge is 2.29. The lowest BCUT2D eigenvalue weighted by Gasteiger charge is -2.14. The van der Waals surface area contributed by atoms with E-state index in [0.29, 0.717) is 11.3 Å². The van der Waals surface area contributed by atoms with Gasteiger partial charge in [-0.2, -0.15) is 13.2 Å².